The normalized spacial score (nSPS) is 48.5. The first-order valence-corrected chi connectivity index (χ1v) is 38.5. The molecule has 0 radical (unpaired) electrons. The minimum atomic E-state index is -2.31. The van der Waals surface area contributed by atoms with Crippen LogP contribution in [-0.2, 0) is 81.0 Å². The highest BCUT2D eigenvalue weighted by Crippen LogP contribution is 2.75. The summed E-state index contributed by atoms with van der Waals surface area (Å²) in [5.41, 5.74) is -2.94. The fourth-order valence-electron chi connectivity index (χ4n) is 20.1. The molecule has 0 spiro atoms. The van der Waals surface area contributed by atoms with Gasteiger partial charge in [-0.3, -0.25) is 9.59 Å². The molecule has 113 heavy (non-hydrogen) atoms. The third-order valence-electron chi connectivity index (χ3n) is 26.6. The van der Waals surface area contributed by atoms with Crippen molar-refractivity contribution in [3.8, 4) is 11.5 Å². The quantitative estimate of drug-likeness (QED) is 0.0122. The predicted molar refractivity (Wildman–Crippen MR) is 373 cm³/mol. The molecule has 4 saturated carbocycles. The van der Waals surface area contributed by atoms with Gasteiger partial charge in [0.1, 0.15) is 116 Å². The van der Waals surface area contributed by atoms with E-state index < -0.39 is 280 Å². The van der Waals surface area contributed by atoms with Gasteiger partial charge in [0.25, 0.3) is 0 Å². The lowest BCUT2D eigenvalue weighted by molar-refractivity contribution is -0.469. The summed E-state index contributed by atoms with van der Waals surface area (Å²) in [6, 6.07) is 4.73. The Kier molecular flexibility index (Phi) is 27.0. The fraction of sp³-hybridized carbons (Fsp3) is 0.827. The number of carboxylic acid groups (broad SMARTS) is 1. The zero-order valence-corrected chi connectivity index (χ0v) is 63.8. The number of carbonyl (C=O) groups is 3. The molecule has 1 aromatic carbocycles. The molecule has 6 heterocycles. The van der Waals surface area contributed by atoms with Crippen molar-refractivity contribution >= 4 is 24.0 Å². The number of fused-ring (bicyclic) bond motifs is 7. The third-order valence-corrected chi connectivity index (χ3v) is 26.6. The number of aliphatic hydroxyl groups excluding tert-OH is 18. The number of aliphatic carboxylic acids is 1. The molecule has 5 aliphatic carbocycles. The van der Waals surface area contributed by atoms with Crippen molar-refractivity contribution in [3.63, 3.8) is 0 Å². The van der Waals surface area contributed by atoms with Gasteiger partial charge in [0.15, 0.2) is 55.0 Å². The van der Waals surface area contributed by atoms with Gasteiger partial charge in [0.05, 0.1) is 76.9 Å². The summed E-state index contributed by atoms with van der Waals surface area (Å²) in [5, 5.41) is 213. The molecule has 0 bridgehead atoms. The van der Waals surface area contributed by atoms with Gasteiger partial charge >= 0.3 is 17.9 Å². The number of methoxy groups -OCH3 is 2. The molecule has 38 nitrogen and oxygen atoms in total. The standard InChI is InChI=1S/C75H112O38/c1-29-57(107-68-56(94)61(112-113-64-51(89)45(83)36(81)27-100-64)60(41(26-78)105-68)109-67-53(91)49(87)47(85)40(25-77)104-67)50(88)54(92)65(101-29)110-62-55(93)58(106-43(82)14-10-31-9-12-37(98-7)38(21-31)99-8)30(2)102-69(62)111-63(95)44-33-15-16-73(6)42(72(33,5)23-35(80)59(44)108-66-52(90)48(86)46(84)39(24-76)103-66)13-11-32-34-22-71(3,4)17-18-74(34,70(96)97)19-20-75(32,73)28-79/h9-12,14,21,29-30,33-36,39-42,44-62,64-69,76-81,83-94H,13,15-20,22-28H2,1-8H3,(H,96,97)/b14-10+/t29-,30-,33?,34+,35+,36+,39+,40-,41+,42-,44?,45+,46+,47-,48-,49-,50-,51-,52+,53+,54+,55+,56+,57-,58+,59+,60+,61+,62-,64+,65+,66?,67-,68-,69-,72+,73-,74?,75+/m1/s1. The van der Waals surface area contributed by atoms with Crippen molar-refractivity contribution in [1.29, 1.82) is 0 Å². The number of allylic oxidation sites excluding steroid dienone is 1. The lowest BCUT2D eigenvalue weighted by Gasteiger charge is -2.70. The predicted octanol–water partition coefficient (Wildman–Crippen LogP) is -4.86. The largest absolute Gasteiger partial charge is 0.493 e. The van der Waals surface area contributed by atoms with Crippen LogP contribution < -0.4 is 9.47 Å². The highest BCUT2D eigenvalue weighted by molar-refractivity contribution is 5.87. The number of hydrogen-bond acceptors (Lipinski definition) is 37. The lowest BCUT2D eigenvalue weighted by atomic mass is 9.34. The van der Waals surface area contributed by atoms with Crippen LogP contribution in [0.5, 0.6) is 11.5 Å². The van der Waals surface area contributed by atoms with Crippen molar-refractivity contribution in [1.82, 2.24) is 0 Å². The van der Waals surface area contributed by atoms with Crippen LogP contribution in [0.2, 0.25) is 0 Å². The maximum atomic E-state index is 16.2. The Morgan fingerprint density at radius 2 is 1.08 bits per heavy atom. The molecule has 6 saturated heterocycles. The molecule has 0 amide bonds. The van der Waals surface area contributed by atoms with Crippen LogP contribution in [-0.4, -0.2) is 353 Å². The first kappa shape index (κ1) is 87.8. The zero-order chi connectivity index (χ0) is 82.2. The Morgan fingerprint density at radius 1 is 0.522 bits per heavy atom. The average Bonchev–Trinajstić information content (AvgIpc) is 0.672. The molecule has 6 aliphatic heterocycles. The monoisotopic (exact) mass is 1620 g/mol. The molecule has 11 aliphatic rings. The SMILES string of the molecule is COc1ccc(/C=C/C(=O)O[C@@H]2[C@H](O)[C@@H](O[C@@H]3O[C@H](C)[C@@H](O[C@H]4O[C@@H](CO)[C@H](O[C@H]5O[C@H](CO)[C@@H](O)[C@@H](O)[C@@H]5O)[C@@H](OO[C@@H]5OC[C@H](O)[C@H](O)[C@H]5O)[C@@H]4O)[C@H](O)[C@@H]3O)[C@@H](OC(=O)C3C4CC[C@]5(C)[C@H](CC=C6[C@@H]7CC(C)(C)CCC7(C(=O)O)CC[C@]65CO)[C@@]4(C)C[C@H](O)[C@@H]3OC3O[C@@H](CO)[C@H](O)[C@@H](O)[C@@H]3O)O[C@@H]2C)cc1OC. The number of benzene rings is 1. The van der Waals surface area contributed by atoms with Gasteiger partial charge in [0, 0.05) is 11.5 Å². The van der Waals surface area contributed by atoms with Gasteiger partial charge in [-0.2, -0.15) is 0 Å². The van der Waals surface area contributed by atoms with Gasteiger partial charge in [-0.15, -0.1) is 0 Å². The fourth-order valence-corrected chi connectivity index (χ4v) is 20.1. The first-order valence-electron chi connectivity index (χ1n) is 38.5. The van der Waals surface area contributed by atoms with Gasteiger partial charge < -0.3 is 163 Å². The molecule has 38 heteroatoms. The second-order valence-corrected chi connectivity index (χ2v) is 33.5. The average molecular weight is 1620 g/mol. The summed E-state index contributed by atoms with van der Waals surface area (Å²) in [6.45, 7) is 6.97. The van der Waals surface area contributed by atoms with E-state index in [4.69, 9.17) is 76.1 Å². The second-order valence-electron chi connectivity index (χ2n) is 33.5. The van der Waals surface area contributed by atoms with E-state index in [2.05, 4.69) is 20.8 Å². The summed E-state index contributed by atoms with van der Waals surface area (Å²) >= 11 is 0. The van der Waals surface area contributed by atoms with Gasteiger partial charge in [-0.1, -0.05) is 45.4 Å². The number of aliphatic hydroxyl groups is 18. The highest BCUT2D eigenvalue weighted by atomic mass is 17.2. The van der Waals surface area contributed by atoms with Crippen LogP contribution in [0, 0.1) is 50.7 Å². The Balaban J connectivity index is 0.852. The van der Waals surface area contributed by atoms with Crippen LogP contribution in [0.15, 0.2) is 35.9 Å². The molecule has 4 unspecified atom stereocenters. The van der Waals surface area contributed by atoms with E-state index in [0.717, 1.165) is 11.6 Å². The van der Waals surface area contributed by atoms with Crippen molar-refractivity contribution < 1.29 is 187 Å². The molecule has 0 aromatic heterocycles. The van der Waals surface area contributed by atoms with Crippen LogP contribution in [0.4, 0.5) is 0 Å². The van der Waals surface area contributed by atoms with E-state index in [1.165, 1.54) is 34.1 Å². The summed E-state index contributed by atoms with van der Waals surface area (Å²) in [6.07, 6.45) is -52.1. The second kappa shape index (κ2) is 34.7. The third kappa shape index (κ3) is 16.1. The van der Waals surface area contributed by atoms with Gasteiger partial charge in [-0.25, -0.2) is 14.6 Å². The zero-order valence-electron chi connectivity index (χ0n) is 63.8. The topological polar surface area (TPSA) is 583 Å². The molecule has 12 rings (SSSR count). The summed E-state index contributed by atoms with van der Waals surface area (Å²) in [4.78, 5) is 54.6. The summed E-state index contributed by atoms with van der Waals surface area (Å²) < 4.78 is 83.2. The minimum absolute atomic E-state index is 0.114. The molecule has 640 valence electrons. The highest BCUT2D eigenvalue weighted by Gasteiger charge is 2.72. The Bertz CT molecular complexity index is 3490. The van der Waals surface area contributed by atoms with Gasteiger partial charge in [0.2, 0.25) is 12.6 Å². The number of carbonyl (C=O) groups excluding carboxylic acids is 2. The number of rotatable bonds is 23. The smallest absolute Gasteiger partial charge is 0.331 e. The van der Waals surface area contributed by atoms with Crippen LogP contribution >= 0.6 is 0 Å². The van der Waals surface area contributed by atoms with E-state index in [1.807, 2.05) is 13.0 Å². The number of ether oxygens (including phenoxy) is 14. The minimum Gasteiger partial charge on any atom is -0.493 e. The molecule has 10 fully saturated rings. The molecular formula is C75H112O38. The van der Waals surface area contributed by atoms with Crippen molar-refractivity contribution in [2.45, 2.75) is 290 Å². The van der Waals surface area contributed by atoms with Crippen molar-refractivity contribution in [2.75, 3.05) is 47.3 Å². The molecular weight excluding hydrogens is 1510 g/mol. The Hall–Kier alpha value is -4.49. The van der Waals surface area contributed by atoms with E-state index in [1.54, 1.807) is 18.2 Å². The maximum absolute atomic E-state index is 16.2. The van der Waals surface area contributed by atoms with Crippen molar-refractivity contribution in [2.24, 2.45) is 50.7 Å². The lowest BCUT2D eigenvalue weighted by Crippen LogP contribution is -2.69. The molecule has 39 atom stereocenters. The Morgan fingerprint density at radius 3 is 1.70 bits per heavy atom. The number of esters is 2. The van der Waals surface area contributed by atoms with E-state index in [9.17, 15) is 107 Å². The summed E-state index contributed by atoms with van der Waals surface area (Å²) in [5.74, 6) is -5.95. The van der Waals surface area contributed by atoms with Crippen LogP contribution in [0.25, 0.3) is 6.08 Å². The first-order chi connectivity index (χ1) is 53.4. The van der Waals surface area contributed by atoms with Crippen LogP contribution in [0.1, 0.15) is 105 Å². The van der Waals surface area contributed by atoms with Crippen LogP contribution in [0.3, 0.4) is 0 Å². The van der Waals surface area contributed by atoms with Gasteiger partial charge in [-0.05, 0) is 129 Å². The maximum Gasteiger partial charge on any atom is 0.331 e. The van der Waals surface area contributed by atoms with E-state index in [0.29, 0.717) is 55.6 Å². The number of hydrogen-bond donors (Lipinski definition) is 19. The van der Waals surface area contributed by atoms with E-state index >= 15 is 4.79 Å². The molecule has 1 aromatic rings. The van der Waals surface area contributed by atoms with Crippen molar-refractivity contribution in [3.05, 3.63) is 41.5 Å². The summed E-state index contributed by atoms with van der Waals surface area (Å²) in [7, 11) is 2.83. The molecule has 19 N–H and O–H groups in total. The van der Waals surface area contributed by atoms with E-state index in [-0.39, 0.29) is 31.3 Å². The number of carboxylic acids is 1. The Labute approximate surface area is 649 Å².